The van der Waals surface area contributed by atoms with Crippen molar-refractivity contribution >= 4 is 21.6 Å². The van der Waals surface area contributed by atoms with Gasteiger partial charge in [-0.25, -0.2) is 8.42 Å². The number of anilines is 1. The number of aryl methyl sites for hydroxylation is 2. The molecule has 1 atom stereocenters. The van der Waals surface area contributed by atoms with E-state index < -0.39 is 10.0 Å². The lowest BCUT2D eigenvalue weighted by molar-refractivity contribution is 0.0941. The van der Waals surface area contributed by atoms with Gasteiger partial charge in [0.25, 0.3) is 15.9 Å². The van der Waals surface area contributed by atoms with Crippen LogP contribution in [0.5, 0.6) is 5.75 Å². The fourth-order valence-electron chi connectivity index (χ4n) is 3.67. The van der Waals surface area contributed by atoms with Crippen LogP contribution in [-0.2, 0) is 10.0 Å². The van der Waals surface area contributed by atoms with Crippen LogP contribution in [0.3, 0.4) is 0 Å². The molecule has 0 aliphatic rings. The van der Waals surface area contributed by atoms with Crippen molar-refractivity contribution in [2.75, 3.05) is 32.5 Å². The number of hydrogen-bond donors (Lipinski definition) is 2. The number of hydrogen-bond acceptors (Lipinski definition) is 5. The molecule has 0 radical (unpaired) electrons. The molecule has 0 bridgehead atoms. The van der Waals surface area contributed by atoms with Gasteiger partial charge in [0, 0.05) is 23.4 Å². The number of carbonyl (C=O) groups excluding carboxylic acids is 1. The van der Waals surface area contributed by atoms with Gasteiger partial charge >= 0.3 is 0 Å². The maximum Gasteiger partial charge on any atom is 0.262 e. The molecule has 1 amide bonds. The van der Waals surface area contributed by atoms with Crippen molar-refractivity contribution in [3.05, 3.63) is 89.0 Å². The molecule has 0 aromatic heterocycles. The van der Waals surface area contributed by atoms with Gasteiger partial charge < -0.3 is 15.0 Å². The quantitative estimate of drug-likeness (QED) is 0.480. The summed E-state index contributed by atoms with van der Waals surface area (Å²) >= 11 is 0. The third kappa shape index (κ3) is 5.95. The maximum atomic E-state index is 13.0. The molecule has 0 aliphatic carbocycles. The van der Waals surface area contributed by atoms with Gasteiger partial charge in [-0.1, -0.05) is 42.0 Å². The Hall–Kier alpha value is -3.36. The van der Waals surface area contributed by atoms with Crippen LogP contribution in [-0.4, -0.2) is 47.0 Å². The molecule has 0 saturated heterocycles. The van der Waals surface area contributed by atoms with Crippen molar-refractivity contribution in [3.63, 3.8) is 0 Å². The van der Waals surface area contributed by atoms with Crippen molar-refractivity contribution in [1.29, 1.82) is 0 Å². The van der Waals surface area contributed by atoms with Gasteiger partial charge in [0.15, 0.2) is 0 Å². The Morgan fingerprint density at radius 1 is 1.00 bits per heavy atom. The average Bonchev–Trinajstić information content (AvgIpc) is 2.80. The molecule has 34 heavy (non-hydrogen) atoms. The average molecular weight is 482 g/mol. The number of sulfonamides is 1. The largest absolute Gasteiger partial charge is 0.496 e. The highest BCUT2D eigenvalue weighted by molar-refractivity contribution is 7.92. The summed E-state index contributed by atoms with van der Waals surface area (Å²) in [6.45, 7) is 3.96. The number of nitrogens with one attached hydrogen (secondary N) is 2. The number of likely N-dealkylation sites (N-methyl/N-ethyl adjacent to an activating group) is 1. The van der Waals surface area contributed by atoms with Gasteiger partial charge in [-0.2, -0.15) is 0 Å². The highest BCUT2D eigenvalue weighted by Gasteiger charge is 2.22. The van der Waals surface area contributed by atoms with E-state index in [1.807, 2.05) is 62.3 Å². The fourth-order valence-corrected chi connectivity index (χ4v) is 5.00. The topological polar surface area (TPSA) is 87.7 Å². The zero-order valence-electron chi connectivity index (χ0n) is 20.1. The molecule has 3 aromatic carbocycles. The van der Waals surface area contributed by atoms with Gasteiger partial charge in [0.2, 0.25) is 0 Å². The van der Waals surface area contributed by atoms with Gasteiger partial charge in [-0.15, -0.1) is 0 Å². The Balaban J connectivity index is 1.80. The predicted molar refractivity (Wildman–Crippen MR) is 135 cm³/mol. The summed E-state index contributed by atoms with van der Waals surface area (Å²) in [7, 11) is 1.60. The normalized spacial score (nSPS) is 12.3. The maximum absolute atomic E-state index is 13.0. The monoisotopic (exact) mass is 481 g/mol. The molecule has 180 valence electrons. The Bertz CT molecular complexity index is 1260. The highest BCUT2D eigenvalue weighted by Crippen LogP contribution is 2.27. The van der Waals surface area contributed by atoms with Gasteiger partial charge in [0.05, 0.1) is 18.0 Å². The van der Waals surface area contributed by atoms with Crippen LogP contribution >= 0.6 is 0 Å². The Morgan fingerprint density at radius 2 is 1.68 bits per heavy atom. The van der Waals surface area contributed by atoms with E-state index in [0.717, 1.165) is 16.9 Å². The molecule has 0 saturated carbocycles. The number of methoxy groups -OCH3 is 1. The number of carbonyl (C=O) groups is 1. The number of amides is 1. The molecule has 7 nitrogen and oxygen atoms in total. The fraction of sp³-hybridized carbons (Fsp3) is 0.269. The van der Waals surface area contributed by atoms with E-state index in [-0.39, 0.29) is 22.4 Å². The van der Waals surface area contributed by atoms with Crippen LogP contribution < -0.4 is 14.8 Å². The first kappa shape index (κ1) is 25.3. The number of para-hydroxylation sites is 1. The first-order valence-corrected chi connectivity index (χ1v) is 12.4. The SMILES string of the molecule is COc1ccccc1[C@H](CNC(=O)c1ccc(C)c(S(=O)(=O)Nc2ccc(C)cc2)c1)N(C)C. The lowest BCUT2D eigenvalue weighted by atomic mass is 10.0. The summed E-state index contributed by atoms with van der Waals surface area (Å²) in [5.41, 5.74) is 3.26. The minimum atomic E-state index is -3.86. The summed E-state index contributed by atoms with van der Waals surface area (Å²) in [4.78, 5) is 15.0. The molecular weight excluding hydrogens is 450 g/mol. The third-order valence-corrected chi connectivity index (χ3v) is 7.14. The van der Waals surface area contributed by atoms with E-state index in [1.54, 1.807) is 38.3 Å². The first-order valence-electron chi connectivity index (χ1n) is 10.9. The minimum absolute atomic E-state index is 0.0645. The summed E-state index contributed by atoms with van der Waals surface area (Å²) < 4.78 is 34.1. The van der Waals surface area contributed by atoms with E-state index in [2.05, 4.69) is 10.0 Å². The van der Waals surface area contributed by atoms with E-state index >= 15 is 0 Å². The Labute approximate surface area is 201 Å². The highest BCUT2D eigenvalue weighted by atomic mass is 32.2. The minimum Gasteiger partial charge on any atom is -0.496 e. The smallest absolute Gasteiger partial charge is 0.262 e. The first-order chi connectivity index (χ1) is 16.1. The summed E-state index contributed by atoms with van der Waals surface area (Å²) in [6, 6.07) is 19.3. The number of nitrogens with zero attached hydrogens (tertiary/aromatic N) is 1. The molecule has 0 spiro atoms. The van der Waals surface area contributed by atoms with Crippen LogP contribution in [0.2, 0.25) is 0 Å². The van der Waals surface area contributed by atoms with Crippen LogP contribution in [0.1, 0.15) is 33.1 Å². The van der Waals surface area contributed by atoms with Crippen LogP contribution in [0, 0.1) is 13.8 Å². The molecule has 3 rings (SSSR count). The standard InChI is InChI=1S/C26H31N3O4S/c1-18-10-14-21(15-11-18)28-34(31,32)25-16-20(13-12-19(25)2)26(30)27-17-23(29(3)4)22-8-6-7-9-24(22)33-5/h6-16,23,28H,17H2,1-5H3,(H,27,30)/t23-/m0/s1. The Kier molecular flexibility index (Phi) is 7.96. The predicted octanol–water partition coefficient (Wildman–Crippen LogP) is 4.15. The van der Waals surface area contributed by atoms with Gasteiger partial charge in [-0.3, -0.25) is 9.52 Å². The van der Waals surface area contributed by atoms with Crippen LogP contribution in [0.25, 0.3) is 0 Å². The lowest BCUT2D eigenvalue weighted by Gasteiger charge is -2.26. The van der Waals surface area contributed by atoms with E-state index in [9.17, 15) is 13.2 Å². The zero-order chi connectivity index (χ0) is 24.9. The van der Waals surface area contributed by atoms with Crippen LogP contribution in [0.15, 0.2) is 71.6 Å². The van der Waals surface area contributed by atoms with Crippen molar-refractivity contribution in [3.8, 4) is 5.75 Å². The van der Waals surface area contributed by atoms with Crippen molar-refractivity contribution in [2.45, 2.75) is 24.8 Å². The molecule has 0 fully saturated rings. The number of benzene rings is 3. The molecular formula is C26H31N3O4S. The van der Waals surface area contributed by atoms with E-state index in [0.29, 0.717) is 17.8 Å². The lowest BCUT2D eigenvalue weighted by Crippen LogP contribution is -2.34. The summed E-state index contributed by atoms with van der Waals surface area (Å²) in [6.07, 6.45) is 0. The molecule has 0 unspecified atom stereocenters. The number of ether oxygens (including phenoxy) is 1. The zero-order valence-corrected chi connectivity index (χ0v) is 20.9. The summed E-state index contributed by atoms with van der Waals surface area (Å²) in [5.74, 6) is 0.384. The second-order valence-corrected chi connectivity index (χ2v) is 10.0. The molecule has 0 heterocycles. The van der Waals surface area contributed by atoms with Gasteiger partial charge in [-0.05, 0) is 63.8 Å². The molecule has 0 aliphatic heterocycles. The van der Waals surface area contributed by atoms with E-state index in [4.69, 9.17) is 4.74 Å². The van der Waals surface area contributed by atoms with E-state index in [1.165, 1.54) is 6.07 Å². The van der Waals surface area contributed by atoms with Crippen molar-refractivity contribution in [2.24, 2.45) is 0 Å². The Morgan fingerprint density at radius 3 is 2.32 bits per heavy atom. The third-order valence-electron chi connectivity index (χ3n) is 5.62. The van der Waals surface area contributed by atoms with Crippen LogP contribution in [0.4, 0.5) is 5.69 Å². The van der Waals surface area contributed by atoms with Gasteiger partial charge in [0.1, 0.15) is 5.75 Å². The summed E-state index contributed by atoms with van der Waals surface area (Å²) in [5, 5.41) is 2.93. The van der Waals surface area contributed by atoms with Crippen molar-refractivity contribution in [1.82, 2.24) is 10.2 Å². The molecule has 8 heteroatoms. The molecule has 2 N–H and O–H groups in total. The second kappa shape index (κ2) is 10.7. The second-order valence-electron chi connectivity index (χ2n) is 8.38. The molecule has 3 aromatic rings. The van der Waals surface area contributed by atoms with Crippen molar-refractivity contribution < 1.29 is 17.9 Å². The number of rotatable bonds is 9.